The van der Waals surface area contributed by atoms with Gasteiger partial charge in [-0.25, -0.2) is 9.97 Å². The lowest BCUT2D eigenvalue weighted by molar-refractivity contribution is 0.415. The van der Waals surface area contributed by atoms with Gasteiger partial charge in [0.05, 0.1) is 12.5 Å². The number of nitrogens with one attached hydrogen (secondary N) is 2. The molecular weight excluding hydrogens is 312 g/mol. The van der Waals surface area contributed by atoms with Gasteiger partial charge < -0.3 is 15.0 Å². The third kappa shape index (κ3) is 3.61. The van der Waals surface area contributed by atoms with Gasteiger partial charge in [-0.2, -0.15) is 0 Å². The molecule has 0 atom stereocenters. The van der Waals surface area contributed by atoms with Crippen LogP contribution in [0.25, 0.3) is 22.3 Å². The lowest BCUT2D eigenvalue weighted by Gasteiger charge is -2.06. The van der Waals surface area contributed by atoms with E-state index in [4.69, 9.17) is 4.74 Å². The summed E-state index contributed by atoms with van der Waals surface area (Å²) in [6.45, 7) is 8.13. The molecule has 0 saturated carbocycles. The predicted molar refractivity (Wildman–Crippen MR) is 103 cm³/mol. The Balaban J connectivity index is 1.90. The molecule has 5 heteroatoms. The molecule has 3 rings (SSSR count). The lowest BCUT2D eigenvalue weighted by atomic mass is 10.1. The van der Waals surface area contributed by atoms with Crippen molar-refractivity contribution in [3.05, 3.63) is 73.6 Å². The number of hydrogen-bond acceptors (Lipinski definition) is 4. The monoisotopic (exact) mass is 332 g/mol. The first kappa shape index (κ1) is 16.5. The largest absolute Gasteiger partial charge is 0.497 e. The van der Waals surface area contributed by atoms with Crippen LogP contribution in [0.4, 0.5) is 5.82 Å². The molecule has 126 valence electrons. The van der Waals surface area contributed by atoms with E-state index in [1.165, 1.54) is 0 Å². The summed E-state index contributed by atoms with van der Waals surface area (Å²) in [7, 11) is 1.66. The van der Waals surface area contributed by atoms with E-state index in [9.17, 15) is 0 Å². The number of ether oxygens (including phenoxy) is 1. The number of aromatic nitrogens is 3. The summed E-state index contributed by atoms with van der Waals surface area (Å²) in [6, 6.07) is 9.92. The van der Waals surface area contributed by atoms with Crippen LogP contribution in [0, 0.1) is 0 Å². The van der Waals surface area contributed by atoms with E-state index >= 15 is 0 Å². The van der Waals surface area contributed by atoms with Gasteiger partial charge in [-0.05, 0) is 41.5 Å². The Hall–Kier alpha value is -3.34. The van der Waals surface area contributed by atoms with Crippen LogP contribution in [0.15, 0.2) is 73.6 Å². The van der Waals surface area contributed by atoms with Crippen molar-refractivity contribution in [1.29, 1.82) is 0 Å². The minimum Gasteiger partial charge on any atom is -0.497 e. The SMILES string of the molecule is C=C/C=C(\C=C)CNc1ncnc2[nH]c(-c3ccc(OC)cc3)cc12. The number of rotatable bonds is 7. The summed E-state index contributed by atoms with van der Waals surface area (Å²) < 4.78 is 5.20. The summed E-state index contributed by atoms with van der Waals surface area (Å²) >= 11 is 0. The fourth-order valence-corrected chi connectivity index (χ4v) is 2.54. The number of nitrogens with zero attached hydrogens (tertiary/aromatic N) is 2. The van der Waals surface area contributed by atoms with Crippen molar-refractivity contribution >= 4 is 16.9 Å². The van der Waals surface area contributed by atoms with Crippen LogP contribution in [-0.4, -0.2) is 28.6 Å². The van der Waals surface area contributed by atoms with Crippen LogP contribution < -0.4 is 10.1 Å². The van der Waals surface area contributed by atoms with Gasteiger partial charge in [-0.3, -0.25) is 0 Å². The number of benzene rings is 1. The summed E-state index contributed by atoms with van der Waals surface area (Å²) in [5, 5.41) is 4.27. The molecule has 0 fully saturated rings. The van der Waals surface area contributed by atoms with Crippen molar-refractivity contribution < 1.29 is 4.74 Å². The van der Waals surface area contributed by atoms with Crippen LogP contribution in [-0.2, 0) is 0 Å². The fourth-order valence-electron chi connectivity index (χ4n) is 2.54. The number of anilines is 1. The van der Waals surface area contributed by atoms with E-state index in [2.05, 4.69) is 33.4 Å². The van der Waals surface area contributed by atoms with Crippen molar-refractivity contribution in [2.75, 3.05) is 19.0 Å². The molecule has 0 aliphatic heterocycles. The maximum Gasteiger partial charge on any atom is 0.143 e. The summed E-state index contributed by atoms with van der Waals surface area (Å²) in [5.41, 5.74) is 3.86. The Morgan fingerprint density at radius 3 is 2.72 bits per heavy atom. The molecule has 0 unspecified atom stereocenters. The van der Waals surface area contributed by atoms with E-state index < -0.39 is 0 Å². The van der Waals surface area contributed by atoms with Crippen LogP contribution in [0.1, 0.15) is 0 Å². The maximum atomic E-state index is 5.20. The average molecular weight is 332 g/mol. The Bertz CT molecular complexity index is 923. The Morgan fingerprint density at radius 2 is 2.04 bits per heavy atom. The normalized spacial score (nSPS) is 11.3. The highest BCUT2D eigenvalue weighted by Gasteiger charge is 2.09. The molecule has 2 aromatic heterocycles. The van der Waals surface area contributed by atoms with Gasteiger partial charge in [-0.1, -0.05) is 31.4 Å². The molecule has 2 N–H and O–H groups in total. The van der Waals surface area contributed by atoms with E-state index in [0.717, 1.165) is 39.4 Å². The number of aromatic amines is 1. The summed E-state index contributed by atoms with van der Waals surface area (Å²) in [5.74, 6) is 1.60. The number of hydrogen-bond donors (Lipinski definition) is 2. The molecule has 0 bridgehead atoms. The second kappa shape index (κ2) is 7.49. The third-order valence-corrected chi connectivity index (χ3v) is 3.88. The molecule has 3 aromatic rings. The number of allylic oxidation sites excluding steroid dienone is 2. The zero-order valence-corrected chi connectivity index (χ0v) is 14.1. The molecule has 0 saturated heterocycles. The van der Waals surface area contributed by atoms with Crippen LogP contribution in [0.5, 0.6) is 5.75 Å². The molecule has 5 nitrogen and oxygen atoms in total. The first-order valence-electron chi connectivity index (χ1n) is 7.91. The minimum atomic E-state index is 0.616. The molecule has 0 amide bonds. The van der Waals surface area contributed by atoms with Gasteiger partial charge in [-0.15, -0.1) is 0 Å². The number of methoxy groups -OCH3 is 1. The maximum absolute atomic E-state index is 5.20. The highest BCUT2D eigenvalue weighted by Crippen LogP contribution is 2.28. The van der Waals surface area contributed by atoms with Crippen molar-refractivity contribution in [2.24, 2.45) is 0 Å². The van der Waals surface area contributed by atoms with Crippen molar-refractivity contribution in [3.63, 3.8) is 0 Å². The van der Waals surface area contributed by atoms with Gasteiger partial charge in [0.25, 0.3) is 0 Å². The molecule has 25 heavy (non-hydrogen) atoms. The Labute approximate surface area is 146 Å². The quantitative estimate of drug-likeness (QED) is 0.632. The van der Waals surface area contributed by atoms with E-state index in [-0.39, 0.29) is 0 Å². The third-order valence-electron chi connectivity index (χ3n) is 3.88. The van der Waals surface area contributed by atoms with E-state index in [0.29, 0.717) is 6.54 Å². The van der Waals surface area contributed by atoms with Gasteiger partial charge in [0.1, 0.15) is 23.5 Å². The summed E-state index contributed by atoms with van der Waals surface area (Å²) in [4.78, 5) is 12.0. The predicted octanol–water partition coefficient (Wildman–Crippen LogP) is 4.34. The molecule has 0 spiro atoms. The van der Waals surface area contributed by atoms with Crippen LogP contribution >= 0.6 is 0 Å². The molecular formula is C20H20N4O. The highest BCUT2D eigenvalue weighted by atomic mass is 16.5. The average Bonchev–Trinajstić information content (AvgIpc) is 3.10. The van der Waals surface area contributed by atoms with Crippen LogP contribution in [0.3, 0.4) is 0 Å². The van der Waals surface area contributed by atoms with Gasteiger partial charge in [0.15, 0.2) is 0 Å². The fraction of sp³-hybridized carbons (Fsp3) is 0.100. The zero-order chi connectivity index (χ0) is 17.6. The Morgan fingerprint density at radius 1 is 1.24 bits per heavy atom. The Kier molecular flexibility index (Phi) is 4.95. The first-order valence-corrected chi connectivity index (χ1v) is 7.91. The topological polar surface area (TPSA) is 62.8 Å². The minimum absolute atomic E-state index is 0.616. The molecule has 0 radical (unpaired) electrons. The smallest absolute Gasteiger partial charge is 0.143 e. The second-order valence-corrected chi connectivity index (χ2v) is 5.43. The molecule has 0 aliphatic carbocycles. The zero-order valence-electron chi connectivity index (χ0n) is 14.1. The van der Waals surface area contributed by atoms with E-state index in [1.54, 1.807) is 25.6 Å². The highest BCUT2D eigenvalue weighted by molar-refractivity contribution is 5.91. The van der Waals surface area contributed by atoms with E-state index in [1.807, 2.05) is 36.4 Å². The lowest BCUT2D eigenvalue weighted by Crippen LogP contribution is -2.05. The molecule has 2 heterocycles. The van der Waals surface area contributed by atoms with Crippen molar-refractivity contribution in [2.45, 2.75) is 0 Å². The standard InChI is InChI=1S/C20H20N4O/c1-4-6-14(5-2)12-21-19-17-11-18(24-20(17)23-13-22-19)15-7-9-16(25-3)10-8-15/h4-11,13H,1-2,12H2,3H3,(H2,21,22,23,24)/b14-6+. The summed E-state index contributed by atoms with van der Waals surface area (Å²) in [6.07, 6.45) is 7.00. The second-order valence-electron chi connectivity index (χ2n) is 5.43. The van der Waals surface area contributed by atoms with Gasteiger partial charge in [0.2, 0.25) is 0 Å². The van der Waals surface area contributed by atoms with Crippen molar-refractivity contribution in [3.8, 4) is 17.0 Å². The number of H-pyrrole nitrogens is 1. The van der Waals surface area contributed by atoms with Gasteiger partial charge in [0, 0.05) is 12.2 Å². The first-order chi connectivity index (χ1) is 12.2. The number of fused-ring (bicyclic) bond motifs is 1. The molecule has 1 aromatic carbocycles. The van der Waals surface area contributed by atoms with Crippen molar-refractivity contribution in [1.82, 2.24) is 15.0 Å². The molecule has 0 aliphatic rings. The van der Waals surface area contributed by atoms with Crippen LogP contribution in [0.2, 0.25) is 0 Å². The van der Waals surface area contributed by atoms with Gasteiger partial charge >= 0.3 is 0 Å².